The number of nitrogens with one attached hydrogen (secondary N) is 2. The molecule has 1 atom stereocenters. The minimum Gasteiger partial charge on any atom is -0.489 e. The van der Waals surface area contributed by atoms with Crippen molar-refractivity contribution in [3.05, 3.63) is 40.9 Å². The normalized spacial score (nSPS) is 15.0. The molecule has 1 unspecified atom stereocenters. The van der Waals surface area contributed by atoms with Crippen LogP contribution in [0.5, 0.6) is 5.75 Å². The Morgan fingerprint density at radius 2 is 2.00 bits per heavy atom. The summed E-state index contributed by atoms with van der Waals surface area (Å²) < 4.78 is 8.11. The Morgan fingerprint density at radius 3 is 2.75 bits per heavy atom. The summed E-state index contributed by atoms with van der Waals surface area (Å²) >= 11 is 5.90. The van der Waals surface area contributed by atoms with Gasteiger partial charge in [-0.2, -0.15) is 0 Å². The molecule has 0 spiro atoms. The number of guanidine groups is 1. The van der Waals surface area contributed by atoms with Crippen molar-refractivity contribution >= 4 is 41.5 Å². The molecule has 0 radical (unpaired) electrons. The van der Waals surface area contributed by atoms with Gasteiger partial charge in [-0.3, -0.25) is 4.99 Å². The van der Waals surface area contributed by atoms with Crippen LogP contribution in [-0.2, 0) is 19.5 Å². The maximum Gasteiger partial charge on any atom is 0.191 e. The Morgan fingerprint density at radius 1 is 1.21 bits per heavy atom. The zero-order valence-corrected chi connectivity index (χ0v) is 19.4. The van der Waals surface area contributed by atoms with Crippen LogP contribution in [-0.4, -0.2) is 40.4 Å². The summed E-state index contributed by atoms with van der Waals surface area (Å²) in [4.78, 5) is 4.27. The fraction of sp³-hybridized carbons (Fsp3) is 0.526. The van der Waals surface area contributed by atoms with Gasteiger partial charge in [-0.05, 0) is 44.0 Å². The first-order chi connectivity index (χ1) is 13.2. The van der Waals surface area contributed by atoms with Crippen molar-refractivity contribution in [1.29, 1.82) is 0 Å². The van der Waals surface area contributed by atoms with Gasteiger partial charge in [0.2, 0.25) is 0 Å². The number of benzene rings is 1. The van der Waals surface area contributed by atoms with Crippen LogP contribution in [0.15, 0.2) is 29.3 Å². The van der Waals surface area contributed by atoms with Crippen molar-refractivity contribution in [3.63, 3.8) is 0 Å². The van der Waals surface area contributed by atoms with E-state index in [1.54, 1.807) is 7.05 Å². The fourth-order valence-corrected chi connectivity index (χ4v) is 3.21. The van der Waals surface area contributed by atoms with Crippen molar-refractivity contribution < 1.29 is 4.74 Å². The number of aliphatic imine (C=N–C) groups is 1. The van der Waals surface area contributed by atoms with Crippen molar-refractivity contribution in [2.24, 2.45) is 4.99 Å². The highest BCUT2D eigenvalue weighted by molar-refractivity contribution is 14.0. The molecule has 2 aromatic rings. The number of ether oxygens (including phenoxy) is 1. The molecule has 1 aliphatic rings. The molecule has 1 aromatic heterocycles. The van der Waals surface area contributed by atoms with Gasteiger partial charge in [-0.15, -0.1) is 34.2 Å². The third-order valence-corrected chi connectivity index (χ3v) is 4.78. The van der Waals surface area contributed by atoms with Crippen LogP contribution in [0, 0.1) is 0 Å². The highest BCUT2D eigenvalue weighted by atomic mass is 127. The summed E-state index contributed by atoms with van der Waals surface area (Å²) in [5.41, 5.74) is 0. The molecular formula is C19H28ClIN6O. The second-order valence-electron chi connectivity index (χ2n) is 6.68. The van der Waals surface area contributed by atoms with Gasteiger partial charge in [0.1, 0.15) is 17.7 Å². The second-order valence-corrected chi connectivity index (χ2v) is 7.12. The maximum absolute atomic E-state index is 5.90. The van der Waals surface area contributed by atoms with Gasteiger partial charge in [0.15, 0.2) is 11.8 Å². The van der Waals surface area contributed by atoms with E-state index in [9.17, 15) is 0 Å². The van der Waals surface area contributed by atoms with Gasteiger partial charge < -0.3 is 19.9 Å². The molecule has 3 rings (SSSR count). The number of nitrogens with zero attached hydrogens (tertiary/aromatic N) is 4. The van der Waals surface area contributed by atoms with Gasteiger partial charge >= 0.3 is 0 Å². The molecule has 0 amide bonds. The van der Waals surface area contributed by atoms with E-state index in [0.29, 0.717) is 24.1 Å². The van der Waals surface area contributed by atoms with E-state index < -0.39 is 0 Å². The molecule has 1 aliphatic heterocycles. The molecule has 0 aliphatic carbocycles. The van der Waals surface area contributed by atoms with Crippen LogP contribution in [0.1, 0.15) is 37.8 Å². The van der Waals surface area contributed by atoms with Crippen molar-refractivity contribution in [2.45, 2.75) is 51.8 Å². The number of fused-ring (bicyclic) bond motifs is 1. The Balaban J connectivity index is 0.00000280. The monoisotopic (exact) mass is 518 g/mol. The van der Waals surface area contributed by atoms with Crippen LogP contribution in [0.2, 0.25) is 5.02 Å². The molecule has 0 fully saturated rings. The SMILES string of the molecule is CN=C(NCc1nnc2n1CCCCC2)NCC(C)Oc1ccc(Cl)cc1.I. The van der Waals surface area contributed by atoms with Crippen molar-refractivity contribution in [1.82, 2.24) is 25.4 Å². The summed E-state index contributed by atoms with van der Waals surface area (Å²) in [6, 6.07) is 7.36. The summed E-state index contributed by atoms with van der Waals surface area (Å²) in [6.45, 7) is 4.23. The van der Waals surface area contributed by atoms with E-state index in [4.69, 9.17) is 16.3 Å². The summed E-state index contributed by atoms with van der Waals surface area (Å²) in [6.07, 6.45) is 4.63. The van der Waals surface area contributed by atoms with E-state index in [1.165, 1.54) is 19.3 Å². The number of halogens is 2. The van der Waals surface area contributed by atoms with E-state index in [1.807, 2.05) is 31.2 Å². The molecule has 9 heteroatoms. The van der Waals surface area contributed by atoms with Crippen molar-refractivity contribution in [3.8, 4) is 5.75 Å². The van der Waals surface area contributed by atoms with E-state index in [2.05, 4.69) is 30.4 Å². The average Bonchev–Trinajstić information content (AvgIpc) is 2.90. The van der Waals surface area contributed by atoms with Crippen LogP contribution in [0.3, 0.4) is 0 Å². The number of hydrogen-bond donors (Lipinski definition) is 2. The quantitative estimate of drug-likeness (QED) is 0.348. The minimum absolute atomic E-state index is 0. The van der Waals surface area contributed by atoms with Gasteiger partial charge in [-0.1, -0.05) is 18.0 Å². The molecule has 0 bridgehead atoms. The molecule has 1 aromatic carbocycles. The Bertz CT molecular complexity index is 764. The first kappa shape index (κ1) is 22.7. The largest absolute Gasteiger partial charge is 0.489 e. The summed E-state index contributed by atoms with van der Waals surface area (Å²) in [5, 5.41) is 16.0. The third kappa shape index (κ3) is 6.51. The third-order valence-electron chi connectivity index (χ3n) is 4.53. The molecule has 28 heavy (non-hydrogen) atoms. The lowest BCUT2D eigenvalue weighted by atomic mass is 10.2. The lowest BCUT2D eigenvalue weighted by molar-refractivity contribution is 0.224. The predicted molar refractivity (Wildman–Crippen MR) is 123 cm³/mol. The summed E-state index contributed by atoms with van der Waals surface area (Å²) in [7, 11) is 1.75. The summed E-state index contributed by atoms with van der Waals surface area (Å²) in [5.74, 6) is 3.56. The number of aryl methyl sites for hydroxylation is 1. The number of aromatic nitrogens is 3. The topological polar surface area (TPSA) is 76.4 Å². The number of hydrogen-bond acceptors (Lipinski definition) is 4. The molecule has 0 saturated heterocycles. The van der Waals surface area contributed by atoms with Crippen LogP contribution >= 0.6 is 35.6 Å². The van der Waals surface area contributed by atoms with E-state index >= 15 is 0 Å². The minimum atomic E-state index is -0.0194. The van der Waals surface area contributed by atoms with Crippen LogP contribution in [0.4, 0.5) is 0 Å². The Labute approximate surface area is 188 Å². The number of rotatable bonds is 6. The lowest BCUT2D eigenvalue weighted by Crippen LogP contribution is -2.41. The average molecular weight is 519 g/mol. The standard InChI is InChI=1S/C19H27ClN6O.HI/c1-14(27-16-9-7-15(20)8-10-16)12-22-19(21-2)23-13-18-25-24-17-6-4-3-5-11-26(17)18;/h7-10,14H,3-6,11-13H2,1-2H3,(H2,21,22,23);1H. The first-order valence-corrected chi connectivity index (χ1v) is 9.81. The Hall–Kier alpha value is -1.55. The second kappa shape index (κ2) is 11.5. The maximum atomic E-state index is 5.90. The molecule has 2 heterocycles. The zero-order chi connectivity index (χ0) is 19.1. The van der Waals surface area contributed by atoms with Gasteiger partial charge in [0.25, 0.3) is 0 Å². The smallest absolute Gasteiger partial charge is 0.191 e. The molecular weight excluding hydrogens is 491 g/mol. The van der Waals surface area contributed by atoms with Gasteiger partial charge in [-0.25, -0.2) is 0 Å². The molecule has 0 saturated carbocycles. The van der Waals surface area contributed by atoms with Crippen molar-refractivity contribution in [2.75, 3.05) is 13.6 Å². The molecule has 2 N–H and O–H groups in total. The highest BCUT2D eigenvalue weighted by Gasteiger charge is 2.15. The first-order valence-electron chi connectivity index (χ1n) is 9.43. The predicted octanol–water partition coefficient (Wildman–Crippen LogP) is 3.41. The molecule has 7 nitrogen and oxygen atoms in total. The van der Waals surface area contributed by atoms with Gasteiger partial charge in [0.05, 0.1) is 13.1 Å². The molecule has 154 valence electrons. The fourth-order valence-electron chi connectivity index (χ4n) is 3.09. The Kier molecular flexibility index (Phi) is 9.30. The van der Waals surface area contributed by atoms with Crippen LogP contribution < -0.4 is 15.4 Å². The zero-order valence-electron chi connectivity index (χ0n) is 16.3. The van der Waals surface area contributed by atoms with E-state index in [-0.39, 0.29) is 30.1 Å². The lowest BCUT2D eigenvalue weighted by Gasteiger charge is -2.18. The van der Waals surface area contributed by atoms with Crippen LogP contribution in [0.25, 0.3) is 0 Å². The highest BCUT2D eigenvalue weighted by Crippen LogP contribution is 2.16. The van der Waals surface area contributed by atoms with E-state index in [0.717, 1.165) is 30.4 Å². The van der Waals surface area contributed by atoms with Gasteiger partial charge in [0, 0.05) is 25.0 Å².